The molecule has 0 bridgehead atoms. The lowest BCUT2D eigenvalue weighted by Gasteiger charge is -2.22. The normalized spacial score (nSPS) is 13.4. The van der Waals surface area contributed by atoms with Gasteiger partial charge in [0, 0.05) is 18.2 Å². The number of aliphatic hydroxyl groups is 1. The molecular weight excluding hydrogens is 435 g/mol. The minimum Gasteiger partial charge on any atom is -0.481 e. The zero-order valence-corrected chi connectivity index (χ0v) is 17.8. The Bertz CT molecular complexity index is 1090. The number of aliphatic hydroxyl groups excluding tert-OH is 1. The van der Waals surface area contributed by atoms with Crippen LogP contribution in [0.5, 0.6) is 11.5 Å². The fraction of sp³-hybridized carbons (Fsp3) is 0.240. The summed E-state index contributed by atoms with van der Waals surface area (Å²) in [6.07, 6.45) is -5.58. The van der Waals surface area contributed by atoms with Crippen LogP contribution < -0.4 is 10.1 Å². The smallest absolute Gasteiger partial charge is 0.416 e. The first-order chi connectivity index (χ1) is 15.6. The van der Waals surface area contributed by atoms with Gasteiger partial charge in [0.15, 0.2) is 0 Å². The van der Waals surface area contributed by atoms with Gasteiger partial charge in [0.25, 0.3) is 0 Å². The third kappa shape index (κ3) is 6.81. The Morgan fingerprint density at radius 3 is 2.42 bits per heavy atom. The van der Waals surface area contributed by atoms with Crippen molar-refractivity contribution in [2.75, 3.05) is 0 Å². The summed E-state index contributed by atoms with van der Waals surface area (Å²) in [7, 11) is 0. The lowest BCUT2D eigenvalue weighted by molar-refractivity contribution is -0.138. The van der Waals surface area contributed by atoms with E-state index in [4.69, 9.17) is 9.84 Å². The first kappa shape index (κ1) is 24.3. The fourth-order valence-electron chi connectivity index (χ4n) is 3.34. The molecule has 0 aliphatic carbocycles. The summed E-state index contributed by atoms with van der Waals surface area (Å²) in [6, 6.07) is 18.1. The third-order valence-corrected chi connectivity index (χ3v) is 5.10. The van der Waals surface area contributed by atoms with Crippen LogP contribution in [0.2, 0.25) is 0 Å². The average molecular weight is 459 g/mol. The molecule has 3 N–H and O–H groups in total. The molecule has 0 radical (unpaired) electrons. The molecule has 174 valence electrons. The number of carboxylic acids is 1. The van der Waals surface area contributed by atoms with Crippen LogP contribution in [-0.4, -0.2) is 22.2 Å². The SMILES string of the molecule is C[C@H](NCc1cc(C(F)(F)F)ccc1Oc1cccc(CC(=O)O)c1)[C@@H](O)c1ccccc1. The van der Waals surface area contributed by atoms with Crippen LogP contribution in [0, 0.1) is 0 Å². The molecule has 0 fully saturated rings. The molecule has 0 aliphatic rings. The Hall–Kier alpha value is -3.36. The van der Waals surface area contributed by atoms with E-state index in [1.807, 2.05) is 6.07 Å². The molecule has 0 amide bonds. The van der Waals surface area contributed by atoms with Crippen molar-refractivity contribution in [2.45, 2.75) is 38.2 Å². The van der Waals surface area contributed by atoms with Gasteiger partial charge in [-0.25, -0.2) is 0 Å². The number of nitrogens with one attached hydrogen (secondary N) is 1. The molecule has 0 spiro atoms. The predicted octanol–water partition coefficient (Wildman–Crippen LogP) is 5.34. The number of hydrogen-bond acceptors (Lipinski definition) is 4. The number of alkyl halides is 3. The van der Waals surface area contributed by atoms with Crippen molar-refractivity contribution in [3.05, 3.63) is 95.1 Å². The quantitative estimate of drug-likeness (QED) is 0.403. The number of carbonyl (C=O) groups is 1. The average Bonchev–Trinajstić information content (AvgIpc) is 2.77. The zero-order chi connectivity index (χ0) is 24.0. The maximum Gasteiger partial charge on any atom is 0.416 e. The molecule has 5 nitrogen and oxygen atoms in total. The van der Waals surface area contributed by atoms with Crippen LogP contribution in [0.25, 0.3) is 0 Å². The summed E-state index contributed by atoms with van der Waals surface area (Å²) in [5.41, 5.74) is 0.627. The minimum atomic E-state index is -4.52. The van der Waals surface area contributed by atoms with Crippen LogP contribution in [0.3, 0.4) is 0 Å². The highest BCUT2D eigenvalue weighted by Gasteiger charge is 2.31. The lowest BCUT2D eigenvalue weighted by Crippen LogP contribution is -2.31. The van der Waals surface area contributed by atoms with Crippen LogP contribution in [0.15, 0.2) is 72.8 Å². The summed E-state index contributed by atoms with van der Waals surface area (Å²) in [5.74, 6) is -0.492. The molecule has 33 heavy (non-hydrogen) atoms. The highest BCUT2D eigenvalue weighted by molar-refractivity contribution is 5.70. The Morgan fingerprint density at radius 2 is 1.76 bits per heavy atom. The Morgan fingerprint density at radius 1 is 1.03 bits per heavy atom. The van der Waals surface area contributed by atoms with E-state index in [0.29, 0.717) is 16.9 Å². The van der Waals surface area contributed by atoms with Crippen LogP contribution in [-0.2, 0) is 23.9 Å². The van der Waals surface area contributed by atoms with Gasteiger partial charge in [-0.1, -0.05) is 42.5 Å². The summed E-state index contributed by atoms with van der Waals surface area (Å²) < 4.78 is 45.7. The number of halogens is 3. The van der Waals surface area contributed by atoms with E-state index < -0.39 is 29.9 Å². The first-order valence-electron chi connectivity index (χ1n) is 10.3. The molecule has 0 saturated heterocycles. The van der Waals surface area contributed by atoms with Crippen LogP contribution in [0.4, 0.5) is 13.2 Å². The van der Waals surface area contributed by atoms with Crippen LogP contribution in [0.1, 0.15) is 35.3 Å². The zero-order valence-electron chi connectivity index (χ0n) is 17.8. The minimum absolute atomic E-state index is 0.0130. The Balaban J connectivity index is 1.82. The summed E-state index contributed by atoms with van der Waals surface area (Å²) in [4.78, 5) is 11.0. The second-order valence-corrected chi connectivity index (χ2v) is 7.67. The molecule has 3 aromatic rings. The van der Waals surface area contributed by atoms with Gasteiger partial charge in [-0.05, 0) is 48.4 Å². The van der Waals surface area contributed by atoms with Crippen molar-refractivity contribution in [1.82, 2.24) is 5.32 Å². The Kier molecular flexibility index (Phi) is 7.73. The molecule has 0 aliphatic heterocycles. The van der Waals surface area contributed by atoms with Crippen molar-refractivity contribution in [3.63, 3.8) is 0 Å². The molecular formula is C25H24F3NO4. The first-order valence-corrected chi connectivity index (χ1v) is 10.3. The van der Waals surface area contributed by atoms with Crippen molar-refractivity contribution in [1.29, 1.82) is 0 Å². The van der Waals surface area contributed by atoms with Gasteiger partial charge in [-0.3, -0.25) is 4.79 Å². The number of aliphatic carboxylic acids is 1. The van der Waals surface area contributed by atoms with Gasteiger partial charge in [0.1, 0.15) is 11.5 Å². The molecule has 0 unspecified atom stereocenters. The fourth-order valence-corrected chi connectivity index (χ4v) is 3.34. The van der Waals surface area contributed by atoms with E-state index >= 15 is 0 Å². The van der Waals surface area contributed by atoms with E-state index in [-0.39, 0.29) is 24.3 Å². The lowest BCUT2D eigenvalue weighted by atomic mass is 10.0. The largest absolute Gasteiger partial charge is 0.481 e. The molecule has 8 heteroatoms. The van der Waals surface area contributed by atoms with Crippen molar-refractivity contribution >= 4 is 5.97 Å². The van der Waals surface area contributed by atoms with E-state index in [2.05, 4.69) is 5.32 Å². The van der Waals surface area contributed by atoms with E-state index in [1.165, 1.54) is 12.1 Å². The second kappa shape index (κ2) is 10.5. The highest BCUT2D eigenvalue weighted by atomic mass is 19.4. The van der Waals surface area contributed by atoms with Crippen molar-refractivity contribution in [2.24, 2.45) is 0 Å². The number of ether oxygens (including phenoxy) is 1. The summed E-state index contributed by atoms with van der Waals surface area (Å²) in [5, 5.41) is 22.6. The van der Waals surface area contributed by atoms with Gasteiger partial charge in [-0.15, -0.1) is 0 Å². The maximum absolute atomic E-state index is 13.3. The van der Waals surface area contributed by atoms with Gasteiger partial charge in [0.2, 0.25) is 0 Å². The van der Waals surface area contributed by atoms with Crippen LogP contribution >= 0.6 is 0 Å². The summed E-state index contributed by atoms with van der Waals surface area (Å²) >= 11 is 0. The third-order valence-electron chi connectivity index (χ3n) is 5.10. The summed E-state index contributed by atoms with van der Waals surface area (Å²) in [6.45, 7) is 1.75. The van der Waals surface area contributed by atoms with Gasteiger partial charge in [-0.2, -0.15) is 13.2 Å². The second-order valence-electron chi connectivity index (χ2n) is 7.67. The van der Waals surface area contributed by atoms with Crippen molar-refractivity contribution < 1.29 is 32.9 Å². The molecule has 3 rings (SSSR count). The van der Waals surface area contributed by atoms with E-state index in [0.717, 1.165) is 12.1 Å². The molecule has 0 heterocycles. The Labute approximate surface area is 189 Å². The molecule has 0 aromatic heterocycles. The van der Waals surface area contributed by atoms with E-state index in [9.17, 15) is 23.1 Å². The number of rotatable bonds is 9. The monoisotopic (exact) mass is 459 g/mol. The number of benzene rings is 3. The molecule has 3 aromatic carbocycles. The topological polar surface area (TPSA) is 78.8 Å². The number of hydrogen-bond donors (Lipinski definition) is 3. The van der Waals surface area contributed by atoms with Gasteiger partial charge in [0.05, 0.1) is 18.1 Å². The standard InChI is InChI=1S/C25H24F3NO4/c1-16(24(32)18-7-3-2-4-8-18)29-15-19-14-20(25(26,27)28)10-11-22(19)33-21-9-5-6-17(12-21)13-23(30)31/h2-12,14,16,24,29,32H,13,15H2,1H3,(H,30,31)/t16-,24+/m0/s1. The number of carboxylic acid groups (broad SMARTS) is 1. The molecule has 2 atom stereocenters. The predicted molar refractivity (Wildman–Crippen MR) is 117 cm³/mol. The molecule has 0 saturated carbocycles. The van der Waals surface area contributed by atoms with Gasteiger partial charge < -0.3 is 20.3 Å². The van der Waals surface area contributed by atoms with E-state index in [1.54, 1.807) is 49.4 Å². The maximum atomic E-state index is 13.3. The highest BCUT2D eigenvalue weighted by Crippen LogP contribution is 2.34. The van der Waals surface area contributed by atoms with Gasteiger partial charge >= 0.3 is 12.1 Å². The van der Waals surface area contributed by atoms with Crippen molar-refractivity contribution in [3.8, 4) is 11.5 Å².